The Kier molecular flexibility index (Phi) is 20.6. The van der Waals surface area contributed by atoms with Crippen molar-refractivity contribution in [1.82, 2.24) is 0 Å². The molecule has 0 aromatic heterocycles. The van der Waals surface area contributed by atoms with Crippen molar-refractivity contribution in [3.05, 3.63) is 474 Å². The van der Waals surface area contributed by atoms with Crippen LogP contribution in [-0.4, -0.2) is 0 Å². The lowest BCUT2D eigenvalue weighted by Crippen LogP contribution is -2.24. The van der Waals surface area contributed by atoms with Gasteiger partial charge in [0.05, 0.1) is 0 Å². The molecule has 0 fully saturated rings. The molecule has 0 atom stereocenters. The van der Waals surface area contributed by atoms with E-state index in [1.54, 1.807) is 0 Å². The largest absolute Gasteiger partial charge is 0.457 e. The Morgan fingerprint density at radius 1 is 0.192 bits per heavy atom. The highest BCUT2D eigenvalue weighted by Crippen LogP contribution is 2.55. The Hall–Kier alpha value is -14.4. The van der Waals surface area contributed by atoms with Crippen LogP contribution in [0.25, 0.3) is 111 Å². The summed E-state index contributed by atoms with van der Waals surface area (Å²) in [5.41, 5.74) is 40.4. The molecule has 4 nitrogen and oxygen atoms in total. The molecule has 125 heavy (non-hydrogen) atoms. The standard InChI is InChI=1S/C60H47NO.C42H35NO.C18H13Br/c1-59(2)53-15-9-8-14-51(53)52-36-28-46(38-55(52)59)44-24-32-49(33-25-44)61(48-30-22-43(23-31-48)42-20-18-41(19-21-42)40-12-6-5-7-13-40)50-34-26-45(27-35-50)47-29-37-58-56(39-47)60(3,4)54-16-10-11-17-57(54)62-58;1-41(2)35-10-6-5-9-33(35)34-23-17-29(25-37(34)41)27-13-19-31(20-14-27)43-32-21-15-28(16-22-32)30-18-24-40-38(26-30)42(3,4)36-11-7-8-12-39(36)44-40;19-18-12-10-17(11-13-18)16-8-6-15(7-9-16)14-4-2-1-3-5-14/h5-39H,1-4H3;5-26,43H,1-4H3;1-13H. The zero-order chi connectivity index (χ0) is 85.1. The van der Waals surface area contributed by atoms with Crippen molar-refractivity contribution in [1.29, 1.82) is 0 Å². The van der Waals surface area contributed by atoms with E-state index in [1.165, 1.54) is 150 Å². The molecule has 0 bridgehead atoms. The maximum Gasteiger partial charge on any atom is 0.131 e. The van der Waals surface area contributed by atoms with Crippen LogP contribution in [-0.2, 0) is 21.7 Å². The van der Waals surface area contributed by atoms with Crippen LogP contribution in [0, 0.1) is 0 Å². The fourth-order valence-corrected chi connectivity index (χ4v) is 19.4. The summed E-state index contributed by atoms with van der Waals surface area (Å²) in [6.07, 6.45) is 0. The van der Waals surface area contributed by atoms with Crippen LogP contribution in [0.2, 0.25) is 0 Å². The van der Waals surface area contributed by atoms with E-state index in [9.17, 15) is 0 Å². The minimum absolute atomic E-state index is 0.00407. The summed E-state index contributed by atoms with van der Waals surface area (Å²) in [4.78, 5) is 2.36. The number of halogens is 1. The van der Waals surface area contributed by atoms with Crippen molar-refractivity contribution in [2.75, 3.05) is 10.2 Å². The summed E-state index contributed by atoms with van der Waals surface area (Å²) in [6.45, 7) is 18.5. The summed E-state index contributed by atoms with van der Waals surface area (Å²) in [5.74, 6) is 3.75. The minimum Gasteiger partial charge on any atom is -0.457 e. The first-order valence-corrected chi connectivity index (χ1v) is 44.1. The molecule has 2 heterocycles. The molecule has 0 amide bonds. The molecular formula is C120H95BrN2O2. The Morgan fingerprint density at radius 2 is 0.416 bits per heavy atom. The lowest BCUT2D eigenvalue weighted by atomic mass is 9.75. The van der Waals surface area contributed by atoms with Gasteiger partial charge in [-0.05, 0) is 255 Å². The highest BCUT2D eigenvalue weighted by molar-refractivity contribution is 9.10. The Bertz CT molecular complexity index is 7030. The quantitative estimate of drug-likeness (QED) is 0.125. The first kappa shape index (κ1) is 79.1. The van der Waals surface area contributed by atoms with Crippen LogP contribution in [0.3, 0.4) is 0 Å². The fourth-order valence-electron chi connectivity index (χ4n) is 19.1. The SMILES string of the molecule is Brc1ccc(-c2ccc(-c3ccccc3)cc2)cc1.CC1(C)c2ccccc2Oc2ccc(-c3ccc(N(c4ccc(-c5ccc(-c6ccccc6)cc5)cc4)c4ccc(-c5ccc6c(c5)C(C)(C)c5ccccc5-6)cc4)cc3)cc21.CC1(C)c2ccccc2Oc2ccc(-c3ccc(Nc4ccc(-c5ccc6c(c5)C(C)(C)c5ccccc5-6)cc4)cc3)cc21. The van der Waals surface area contributed by atoms with Crippen LogP contribution in [0.1, 0.15) is 99.9 Å². The number of benzene rings is 18. The van der Waals surface area contributed by atoms with Gasteiger partial charge in [-0.1, -0.05) is 375 Å². The molecule has 0 saturated carbocycles. The number of hydrogen-bond acceptors (Lipinski definition) is 4. The van der Waals surface area contributed by atoms with Gasteiger partial charge in [-0.3, -0.25) is 0 Å². The summed E-state index contributed by atoms with van der Waals surface area (Å²) in [5, 5.41) is 3.58. The second-order valence-electron chi connectivity index (χ2n) is 35.4. The predicted molar refractivity (Wildman–Crippen MR) is 527 cm³/mol. The summed E-state index contributed by atoms with van der Waals surface area (Å²) in [6, 6.07) is 153. The molecule has 18 aromatic carbocycles. The zero-order valence-corrected chi connectivity index (χ0v) is 73.1. The van der Waals surface area contributed by atoms with Gasteiger partial charge in [0.15, 0.2) is 0 Å². The third kappa shape index (κ3) is 15.1. The number of rotatable bonds is 13. The molecule has 0 saturated heterocycles. The molecule has 5 heteroatoms. The summed E-state index contributed by atoms with van der Waals surface area (Å²) >= 11 is 3.46. The average Bonchev–Trinajstić information content (AvgIpc) is 1.74. The van der Waals surface area contributed by atoms with Crippen LogP contribution in [0.4, 0.5) is 28.4 Å². The molecule has 2 aliphatic carbocycles. The lowest BCUT2D eigenvalue weighted by Gasteiger charge is -2.34. The van der Waals surface area contributed by atoms with E-state index in [1.807, 2.05) is 18.2 Å². The van der Waals surface area contributed by atoms with Crippen molar-refractivity contribution in [2.45, 2.75) is 77.0 Å². The Balaban J connectivity index is 0.000000135. The molecule has 22 rings (SSSR count). The van der Waals surface area contributed by atoms with Crippen molar-refractivity contribution in [3.63, 3.8) is 0 Å². The summed E-state index contributed by atoms with van der Waals surface area (Å²) < 4.78 is 13.8. The molecule has 0 spiro atoms. The number of ether oxygens (including phenoxy) is 2. The molecule has 604 valence electrons. The van der Waals surface area contributed by atoms with Gasteiger partial charge in [-0.15, -0.1) is 0 Å². The van der Waals surface area contributed by atoms with Crippen LogP contribution in [0.5, 0.6) is 23.0 Å². The van der Waals surface area contributed by atoms with E-state index < -0.39 is 0 Å². The van der Waals surface area contributed by atoms with Gasteiger partial charge < -0.3 is 19.7 Å². The molecule has 4 aliphatic rings. The number of nitrogens with zero attached hydrogens (tertiary/aromatic N) is 1. The monoisotopic (exact) mass is 1670 g/mol. The van der Waals surface area contributed by atoms with E-state index >= 15 is 0 Å². The average molecular weight is 1680 g/mol. The molecule has 0 radical (unpaired) electrons. The van der Waals surface area contributed by atoms with Gasteiger partial charge in [0, 0.05) is 76.8 Å². The van der Waals surface area contributed by atoms with E-state index in [4.69, 9.17) is 9.47 Å². The minimum atomic E-state index is -0.180. The molecule has 18 aromatic rings. The van der Waals surface area contributed by atoms with Gasteiger partial charge in [0.2, 0.25) is 0 Å². The van der Waals surface area contributed by atoms with Crippen LogP contribution in [0.15, 0.2) is 429 Å². The number of nitrogens with one attached hydrogen (secondary N) is 1. The summed E-state index contributed by atoms with van der Waals surface area (Å²) in [7, 11) is 0. The molecule has 0 unspecified atom stereocenters. The van der Waals surface area contributed by atoms with Crippen molar-refractivity contribution < 1.29 is 9.47 Å². The zero-order valence-electron chi connectivity index (χ0n) is 71.6. The van der Waals surface area contributed by atoms with Crippen molar-refractivity contribution in [3.8, 4) is 134 Å². The predicted octanol–water partition coefficient (Wildman–Crippen LogP) is 33.8. The highest BCUT2D eigenvalue weighted by Gasteiger charge is 2.39. The van der Waals surface area contributed by atoms with Crippen molar-refractivity contribution >= 4 is 44.4 Å². The van der Waals surface area contributed by atoms with Crippen molar-refractivity contribution in [2.24, 2.45) is 0 Å². The number of anilines is 5. The lowest BCUT2D eigenvalue weighted by molar-refractivity contribution is 0.418. The van der Waals surface area contributed by atoms with E-state index in [-0.39, 0.29) is 21.7 Å². The van der Waals surface area contributed by atoms with Gasteiger partial charge in [-0.2, -0.15) is 0 Å². The van der Waals surface area contributed by atoms with E-state index in [0.717, 1.165) is 61.5 Å². The van der Waals surface area contributed by atoms with Crippen LogP contribution < -0.4 is 19.7 Å². The highest BCUT2D eigenvalue weighted by atomic mass is 79.9. The Labute approximate surface area is 743 Å². The normalized spacial score (nSPS) is 13.7. The fraction of sp³-hybridized carbons (Fsp3) is 0.100. The van der Waals surface area contributed by atoms with Gasteiger partial charge in [-0.25, -0.2) is 0 Å². The number of para-hydroxylation sites is 2. The first-order chi connectivity index (χ1) is 60.8. The third-order valence-electron chi connectivity index (χ3n) is 26.3. The van der Waals surface area contributed by atoms with E-state index in [0.29, 0.717) is 0 Å². The smallest absolute Gasteiger partial charge is 0.131 e. The third-order valence-corrected chi connectivity index (χ3v) is 26.8. The molecule has 1 N–H and O–H groups in total. The topological polar surface area (TPSA) is 33.7 Å². The van der Waals surface area contributed by atoms with Gasteiger partial charge >= 0.3 is 0 Å². The number of hydrogen-bond donors (Lipinski definition) is 1. The van der Waals surface area contributed by atoms with Gasteiger partial charge in [0.1, 0.15) is 23.0 Å². The Morgan fingerprint density at radius 3 is 0.760 bits per heavy atom. The number of fused-ring (bicyclic) bond motifs is 10. The van der Waals surface area contributed by atoms with Crippen LogP contribution >= 0.6 is 15.9 Å². The second-order valence-corrected chi connectivity index (χ2v) is 36.3. The molecular weight excluding hydrogens is 1580 g/mol. The second kappa shape index (κ2) is 32.5. The van der Waals surface area contributed by atoms with Gasteiger partial charge in [0.25, 0.3) is 0 Å². The maximum atomic E-state index is 6.38. The molecule has 2 aliphatic heterocycles. The maximum absolute atomic E-state index is 6.38. The van der Waals surface area contributed by atoms with E-state index in [2.05, 4.69) is 488 Å². The first-order valence-electron chi connectivity index (χ1n) is 43.3.